The average Bonchev–Trinajstić information content (AvgIpc) is 3.73. The predicted octanol–water partition coefficient (Wildman–Crippen LogP) is 5.06. The van der Waals surface area contributed by atoms with Crippen molar-refractivity contribution in [3.63, 3.8) is 0 Å². The van der Waals surface area contributed by atoms with Crippen molar-refractivity contribution < 1.29 is 38.5 Å². The van der Waals surface area contributed by atoms with Crippen molar-refractivity contribution in [2.24, 2.45) is 16.2 Å². The standard InChI is InChI=1S/C52H69ClN8O8/c1-50(2,3)44(47(66)61-31-38(62)26-41(61)46(65)56-29-33-8-10-34(11-9-33)35-16-23-67-24-17-35)57-43(63)32-68-25-22-59-18-20-60(21-19-59)42-15-13-37(30-55-42)45(64)58-48-51(4,5)49(52(48,6)7)69-39-14-12-36(28-54)40(53)27-39/h8-15,27,30,35,38,41,44,48-49,62H,16-26,29,31-32H2,1-7H3,(H,56,65)(H,57,63)(H,58,64)/t38-,41+,44?,48-,49-/m1/s1. The van der Waals surface area contributed by atoms with E-state index in [1.807, 2.05) is 39.0 Å². The summed E-state index contributed by atoms with van der Waals surface area (Å²) in [6, 6.07) is 17.0. The summed E-state index contributed by atoms with van der Waals surface area (Å²) in [7, 11) is 0. The molecule has 2 aromatic carbocycles. The lowest BCUT2D eigenvalue weighted by Gasteiger charge is -2.63. The summed E-state index contributed by atoms with van der Waals surface area (Å²) in [5.74, 6) is 0.407. The molecular weight excluding hydrogens is 900 g/mol. The number of halogens is 1. The van der Waals surface area contributed by atoms with Gasteiger partial charge >= 0.3 is 0 Å². The Hall–Kier alpha value is -5.31. The highest BCUT2D eigenvalue weighted by Gasteiger charge is 2.64. The van der Waals surface area contributed by atoms with Crippen molar-refractivity contribution in [1.82, 2.24) is 30.7 Å². The smallest absolute Gasteiger partial charge is 0.253 e. The van der Waals surface area contributed by atoms with E-state index in [1.54, 1.807) is 30.5 Å². The number of likely N-dealkylation sites (tertiary alicyclic amines) is 1. The quantitative estimate of drug-likeness (QED) is 0.140. The summed E-state index contributed by atoms with van der Waals surface area (Å²) >= 11 is 6.25. The molecular formula is C52H69ClN8O8. The number of β-amino-alcohol motifs (C(OH)–C–C–N with tert-alkyl or cyclic N) is 1. The molecule has 1 unspecified atom stereocenters. The van der Waals surface area contributed by atoms with Crippen LogP contribution in [0, 0.1) is 27.6 Å². The number of hydrogen-bond donors (Lipinski definition) is 4. The summed E-state index contributed by atoms with van der Waals surface area (Å²) in [5, 5.41) is 29.2. The second-order valence-corrected chi connectivity index (χ2v) is 21.6. The maximum Gasteiger partial charge on any atom is 0.253 e. The molecule has 1 aliphatic carbocycles. The molecule has 4 heterocycles. The number of anilines is 1. The molecule has 7 rings (SSSR count). The minimum Gasteiger partial charge on any atom is -0.489 e. The third kappa shape index (κ3) is 12.2. The van der Waals surface area contributed by atoms with Crippen LogP contribution in [-0.2, 0) is 30.4 Å². The van der Waals surface area contributed by atoms with Crippen molar-refractivity contribution >= 4 is 41.0 Å². The number of ether oxygens (including phenoxy) is 3. The Morgan fingerprint density at radius 3 is 2.30 bits per heavy atom. The zero-order chi connectivity index (χ0) is 49.7. The van der Waals surface area contributed by atoms with Gasteiger partial charge in [0.2, 0.25) is 17.7 Å². The van der Waals surface area contributed by atoms with Gasteiger partial charge in [-0.05, 0) is 59.6 Å². The zero-order valence-corrected chi connectivity index (χ0v) is 41.8. The number of carbonyl (C=O) groups is 4. The van der Waals surface area contributed by atoms with E-state index in [9.17, 15) is 29.5 Å². The van der Waals surface area contributed by atoms with Crippen LogP contribution in [0.15, 0.2) is 60.8 Å². The van der Waals surface area contributed by atoms with E-state index in [1.165, 1.54) is 10.5 Å². The summed E-state index contributed by atoms with van der Waals surface area (Å²) in [5.41, 5.74) is 1.57. The van der Waals surface area contributed by atoms with Crippen LogP contribution >= 0.6 is 11.6 Å². The van der Waals surface area contributed by atoms with Gasteiger partial charge in [-0.25, -0.2) is 4.98 Å². The van der Waals surface area contributed by atoms with Gasteiger partial charge in [-0.1, -0.05) is 84.3 Å². The highest BCUT2D eigenvalue weighted by Crippen LogP contribution is 2.55. The topological polar surface area (TPSA) is 199 Å². The minimum absolute atomic E-state index is 0.00258. The maximum atomic E-state index is 14.1. The number of aliphatic hydroxyl groups excluding tert-OH is 1. The first-order chi connectivity index (χ1) is 32.8. The lowest BCUT2D eigenvalue weighted by Crippen LogP contribution is -2.74. The molecule has 0 spiro atoms. The predicted molar refractivity (Wildman–Crippen MR) is 262 cm³/mol. The molecule has 0 bridgehead atoms. The first-order valence-electron chi connectivity index (χ1n) is 24.2. The van der Waals surface area contributed by atoms with Gasteiger partial charge in [-0.15, -0.1) is 0 Å². The average molecular weight is 970 g/mol. The number of aromatic nitrogens is 1. The third-order valence-electron chi connectivity index (χ3n) is 14.3. The van der Waals surface area contributed by atoms with Crippen LogP contribution in [-0.4, -0.2) is 140 Å². The van der Waals surface area contributed by atoms with Crippen LogP contribution in [0.3, 0.4) is 0 Å². The van der Waals surface area contributed by atoms with Crippen molar-refractivity contribution in [2.45, 2.75) is 111 Å². The SMILES string of the molecule is CC(C)(C)C(NC(=O)COCCN1CCN(c2ccc(C(=O)N[C@H]3C(C)(C)[C@H](Oc4ccc(C#N)c(Cl)c4)C3(C)C)cn2)CC1)C(=O)N1C[C@H](O)C[C@H]1C(=O)NCc1ccc(C2CCOCC2)cc1. The maximum absolute atomic E-state index is 14.1. The normalized spacial score (nSPS) is 23.0. The van der Waals surface area contributed by atoms with Crippen LogP contribution in [0.25, 0.3) is 0 Å². The third-order valence-corrected chi connectivity index (χ3v) is 14.7. The number of aliphatic hydroxyl groups is 1. The molecule has 4 amide bonds. The highest BCUT2D eigenvalue weighted by atomic mass is 35.5. The van der Waals surface area contributed by atoms with Gasteiger partial charge in [0, 0.05) is 94.6 Å². The number of benzene rings is 2. The molecule has 1 aromatic heterocycles. The molecule has 17 heteroatoms. The summed E-state index contributed by atoms with van der Waals surface area (Å²) in [6.45, 7) is 19.3. The highest BCUT2D eigenvalue weighted by molar-refractivity contribution is 6.31. The van der Waals surface area contributed by atoms with E-state index >= 15 is 0 Å². The van der Waals surface area contributed by atoms with Gasteiger partial charge in [-0.2, -0.15) is 5.26 Å². The van der Waals surface area contributed by atoms with Gasteiger partial charge in [0.15, 0.2) is 0 Å². The van der Waals surface area contributed by atoms with Crippen LogP contribution < -0.4 is 25.6 Å². The first kappa shape index (κ1) is 51.5. The fourth-order valence-electron chi connectivity index (χ4n) is 10.6. The Labute approximate surface area is 411 Å². The van der Waals surface area contributed by atoms with E-state index < -0.39 is 46.2 Å². The van der Waals surface area contributed by atoms with Crippen LogP contribution in [0.2, 0.25) is 5.02 Å². The number of pyridine rings is 1. The first-order valence-corrected chi connectivity index (χ1v) is 24.5. The lowest BCUT2D eigenvalue weighted by atomic mass is 9.49. The molecule has 1 saturated carbocycles. The van der Waals surface area contributed by atoms with Gasteiger partial charge in [0.25, 0.3) is 5.91 Å². The van der Waals surface area contributed by atoms with Crippen molar-refractivity contribution in [1.29, 1.82) is 5.26 Å². The summed E-state index contributed by atoms with van der Waals surface area (Å²) < 4.78 is 17.7. The Bertz CT molecular complexity index is 2320. The largest absolute Gasteiger partial charge is 0.489 e. The van der Waals surface area contributed by atoms with Gasteiger partial charge in [0.1, 0.15) is 42.4 Å². The van der Waals surface area contributed by atoms with Crippen molar-refractivity contribution in [2.75, 3.05) is 70.6 Å². The zero-order valence-electron chi connectivity index (χ0n) is 41.1. The Balaban J connectivity index is 0.818. The molecule has 372 valence electrons. The fourth-order valence-corrected chi connectivity index (χ4v) is 10.9. The van der Waals surface area contributed by atoms with E-state index in [0.717, 1.165) is 63.6 Å². The van der Waals surface area contributed by atoms with Gasteiger partial charge in [-0.3, -0.25) is 24.1 Å². The minimum atomic E-state index is -0.949. The molecule has 3 atom stereocenters. The number of nitriles is 1. The van der Waals surface area contributed by atoms with Crippen LogP contribution in [0.1, 0.15) is 101 Å². The molecule has 3 aromatic rings. The second kappa shape index (κ2) is 21.8. The van der Waals surface area contributed by atoms with Crippen LogP contribution in [0.4, 0.5) is 5.82 Å². The van der Waals surface area contributed by atoms with Crippen molar-refractivity contribution in [3.05, 3.63) is 88.1 Å². The van der Waals surface area contributed by atoms with E-state index in [-0.39, 0.29) is 43.5 Å². The molecule has 3 aliphatic heterocycles. The van der Waals surface area contributed by atoms with Crippen LogP contribution in [0.5, 0.6) is 5.75 Å². The number of piperazine rings is 1. The fraction of sp³-hybridized carbons (Fsp3) is 0.577. The number of hydrogen-bond acceptors (Lipinski definition) is 12. The molecule has 69 heavy (non-hydrogen) atoms. The van der Waals surface area contributed by atoms with Gasteiger partial charge in [0.05, 0.1) is 28.9 Å². The summed E-state index contributed by atoms with van der Waals surface area (Å²) in [6.07, 6.45) is 2.63. The van der Waals surface area contributed by atoms with E-state index in [2.05, 4.69) is 76.6 Å². The van der Waals surface area contributed by atoms with Gasteiger partial charge < -0.3 is 45.1 Å². The number of nitrogens with zero attached hydrogens (tertiary/aromatic N) is 5. The Morgan fingerprint density at radius 1 is 0.986 bits per heavy atom. The summed E-state index contributed by atoms with van der Waals surface area (Å²) in [4.78, 5) is 64.7. The molecule has 0 radical (unpaired) electrons. The molecule has 16 nitrogen and oxygen atoms in total. The van der Waals surface area contributed by atoms with Crippen molar-refractivity contribution in [3.8, 4) is 11.8 Å². The number of amides is 4. The molecule has 3 saturated heterocycles. The van der Waals surface area contributed by atoms with E-state index in [0.29, 0.717) is 47.5 Å². The Morgan fingerprint density at radius 2 is 1.68 bits per heavy atom. The number of carbonyl (C=O) groups excluding carboxylic acids is 4. The number of rotatable bonds is 16. The number of nitrogens with one attached hydrogen (secondary N) is 3. The molecule has 4 N–H and O–H groups in total. The molecule has 4 aliphatic rings. The monoisotopic (exact) mass is 968 g/mol. The second-order valence-electron chi connectivity index (χ2n) is 21.2. The van der Waals surface area contributed by atoms with E-state index in [4.69, 9.17) is 25.8 Å². The Kier molecular flexibility index (Phi) is 16.3. The molecule has 4 fully saturated rings. The lowest BCUT2D eigenvalue weighted by molar-refractivity contribution is -0.164.